The van der Waals surface area contributed by atoms with Gasteiger partial charge >= 0.3 is 0 Å². The average Bonchev–Trinajstić information content (AvgIpc) is 2.47. The zero-order valence-corrected chi connectivity index (χ0v) is 12.6. The molecular formula is C16H26N2O2. The van der Waals surface area contributed by atoms with Gasteiger partial charge in [0.1, 0.15) is 12.4 Å². The molecule has 112 valence electrons. The van der Waals surface area contributed by atoms with Crippen molar-refractivity contribution in [3.05, 3.63) is 23.8 Å². The molecule has 0 amide bonds. The number of ether oxygens (including phenoxy) is 2. The van der Waals surface area contributed by atoms with Gasteiger partial charge in [0.25, 0.3) is 0 Å². The van der Waals surface area contributed by atoms with Gasteiger partial charge in [0.15, 0.2) is 0 Å². The van der Waals surface area contributed by atoms with E-state index in [0.717, 1.165) is 57.2 Å². The van der Waals surface area contributed by atoms with Crippen molar-refractivity contribution in [3.8, 4) is 5.75 Å². The average molecular weight is 278 g/mol. The number of hydrogen-bond acceptors (Lipinski definition) is 4. The molecule has 4 heteroatoms. The van der Waals surface area contributed by atoms with Crippen LogP contribution in [0.15, 0.2) is 18.2 Å². The topological polar surface area (TPSA) is 42.5 Å². The van der Waals surface area contributed by atoms with Gasteiger partial charge in [-0.1, -0.05) is 6.07 Å². The number of benzene rings is 1. The van der Waals surface area contributed by atoms with Gasteiger partial charge in [-0.25, -0.2) is 0 Å². The fourth-order valence-electron chi connectivity index (χ4n) is 2.41. The summed E-state index contributed by atoms with van der Waals surface area (Å²) in [6.07, 6.45) is 2.10. The van der Waals surface area contributed by atoms with Crippen LogP contribution in [0.3, 0.4) is 0 Å². The molecule has 1 heterocycles. The third-order valence-corrected chi connectivity index (χ3v) is 3.42. The Morgan fingerprint density at radius 1 is 1.45 bits per heavy atom. The zero-order valence-electron chi connectivity index (χ0n) is 12.6. The monoisotopic (exact) mass is 278 g/mol. The highest BCUT2D eigenvalue weighted by molar-refractivity contribution is 5.59. The first-order valence-corrected chi connectivity index (χ1v) is 7.60. The van der Waals surface area contributed by atoms with Crippen LogP contribution in [0.2, 0.25) is 0 Å². The van der Waals surface area contributed by atoms with Crippen LogP contribution in [0.5, 0.6) is 5.75 Å². The number of anilines is 1. The van der Waals surface area contributed by atoms with Gasteiger partial charge in [-0.15, -0.1) is 0 Å². The molecule has 0 saturated heterocycles. The molecular weight excluding hydrogens is 252 g/mol. The Hall–Kier alpha value is -1.26. The van der Waals surface area contributed by atoms with E-state index < -0.39 is 0 Å². The maximum absolute atomic E-state index is 5.59. The lowest BCUT2D eigenvalue weighted by molar-refractivity contribution is 0.144. The fraction of sp³-hybridized carbons (Fsp3) is 0.625. The van der Waals surface area contributed by atoms with Gasteiger partial charge in [0.2, 0.25) is 0 Å². The Balaban J connectivity index is 1.75. The highest BCUT2D eigenvalue weighted by Crippen LogP contribution is 2.28. The van der Waals surface area contributed by atoms with Crippen LogP contribution in [0.1, 0.15) is 25.8 Å². The third kappa shape index (κ3) is 4.69. The van der Waals surface area contributed by atoms with Crippen LogP contribution in [0, 0.1) is 0 Å². The van der Waals surface area contributed by atoms with Crippen molar-refractivity contribution < 1.29 is 9.47 Å². The number of fused-ring (bicyclic) bond motifs is 1. The normalized spacial score (nSPS) is 15.1. The van der Waals surface area contributed by atoms with Crippen molar-refractivity contribution in [1.29, 1.82) is 0 Å². The summed E-state index contributed by atoms with van der Waals surface area (Å²) >= 11 is 0. The van der Waals surface area contributed by atoms with Crippen molar-refractivity contribution in [2.45, 2.75) is 32.7 Å². The van der Waals surface area contributed by atoms with Gasteiger partial charge in [-0.2, -0.15) is 0 Å². The minimum absolute atomic E-state index is 0.471. The summed E-state index contributed by atoms with van der Waals surface area (Å²) in [5, 5.41) is 6.92. The van der Waals surface area contributed by atoms with Crippen molar-refractivity contribution in [3.63, 3.8) is 0 Å². The van der Waals surface area contributed by atoms with E-state index >= 15 is 0 Å². The molecule has 0 fully saturated rings. The summed E-state index contributed by atoms with van der Waals surface area (Å²) in [6.45, 7) is 8.56. The van der Waals surface area contributed by atoms with Crippen LogP contribution in [0.25, 0.3) is 0 Å². The maximum atomic E-state index is 5.59. The lowest BCUT2D eigenvalue weighted by atomic mass is 10.1. The largest absolute Gasteiger partial charge is 0.490 e. The van der Waals surface area contributed by atoms with Crippen molar-refractivity contribution >= 4 is 5.69 Å². The summed E-state index contributed by atoms with van der Waals surface area (Å²) < 4.78 is 10.9. The van der Waals surface area contributed by atoms with Crippen LogP contribution in [-0.4, -0.2) is 39.0 Å². The van der Waals surface area contributed by atoms with Gasteiger partial charge in [0, 0.05) is 25.8 Å². The second-order valence-corrected chi connectivity index (χ2v) is 5.22. The standard InChI is InChI=1S/C16H26N2O2/c1-3-19-9-4-7-17-13(2)11-14-5-6-16-15(12-14)18-8-10-20-16/h5-6,12-13,17-18H,3-4,7-11H2,1-2H3. The summed E-state index contributed by atoms with van der Waals surface area (Å²) in [4.78, 5) is 0. The quantitative estimate of drug-likeness (QED) is 0.717. The first-order valence-electron chi connectivity index (χ1n) is 7.60. The lowest BCUT2D eigenvalue weighted by Crippen LogP contribution is -2.29. The van der Waals surface area contributed by atoms with E-state index in [0.29, 0.717) is 6.04 Å². The van der Waals surface area contributed by atoms with Gasteiger partial charge in [-0.3, -0.25) is 0 Å². The van der Waals surface area contributed by atoms with E-state index in [-0.39, 0.29) is 0 Å². The van der Waals surface area contributed by atoms with E-state index in [1.54, 1.807) is 0 Å². The molecule has 0 aromatic heterocycles. The van der Waals surface area contributed by atoms with E-state index in [2.05, 4.69) is 35.8 Å². The predicted octanol–water partition coefficient (Wildman–Crippen LogP) is 2.44. The summed E-state index contributed by atoms with van der Waals surface area (Å²) in [5.74, 6) is 0.970. The minimum atomic E-state index is 0.471. The SMILES string of the molecule is CCOCCCNC(C)Cc1ccc2c(c1)NCCO2. The Bertz CT molecular complexity index is 409. The van der Waals surface area contributed by atoms with Crippen molar-refractivity contribution in [2.75, 3.05) is 38.2 Å². The fourth-order valence-corrected chi connectivity index (χ4v) is 2.41. The third-order valence-electron chi connectivity index (χ3n) is 3.42. The number of rotatable bonds is 8. The molecule has 2 N–H and O–H groups in total. The van der Waals surface area contributed by atoms with Crippen LogP contribution < -0.4 is 15.4 Å². The molecule has 4 nitrogen and oxygen atoms in total. The Kier molecular flexibility index (Phi) is 6.15. The number of hydrogen-bond donors (Lipinski definition) is 2. The first-order chi connectivity index (χ1) is 9.79. The van der Waals surface area contributed by atoms with E-state index in [9.17, 15) is 0 Å². The van der Waals surface area contributed by atoms with Gasteiger partial charge < -0.3 is 20.1 Å². The second kappa shape index (κ2) is 8.12. The Labute approximate surface area is 121 Å². The smallest absolute Gasteiger partial charge is 0.142 e. The maximum Gasteiger partial charge on any atom is 0.142 e. The summed E-state index contributed by atoms with van der Waals surface area (Å²) in [5.41, 5.74) is 2.46. The van der Waals surface area contributed by atoms with Crippen LogP contribution in [-0.2, 0) is 11.2 Å². The molecule has 1 aromatic carbocycles. The van der Waals surface area contributed by atoms with Crippen LogP contribution >= 0.6 is 0 Å². The molecule has 1 atom stereocenters. The molecule has 0 saturated carbocycles. The molecule has 0 aliphatic carbocycles. The highest BCUT2D eigenvalue weighted by atomic mass is 16.5. The molecule has 20 heavy (non-hydrogen) atoms. The van der Waals surface area contributed by atoms with Crippen LogP contribution in [0.4, 0.5) is 5.69 Å². The zero-order chi connectivity index (χ0) is 14.2. The highest BCUT2D eigenvalue weighted by Gasteiger charge is 2.11. The second-order valence-electron chi connectivity index (χ2n) is 5.22. The summed E-state index contributed by atoms with van der Waals surface area (Å²) in [7, 11) is 0. The van der Waals surface area contributed by atoms with E-state index in [1.807, 2.05) is 6.92 Å². The minimum Gasteiger partial charge on any atom is -0.490 e. The molecule has 1 aromatic rings. The summed E-state index contributed by atoms with van der Waals surface area (Å²) in [6, 6.07) is 6.90. The molecule has 1 aliphatic heterocycles. The molecule has 1 unspecified atom stereocenters. The Morgan fingerprint density at radius 2 is 2.35 bits per heavy atom. The molecule has 2 rings (SSSR count). The number of nitrogens with one attached hydrogen (secondary N) is 2. The van der Waals surface area contributed by atoms with Gasteiger partial charge in [-0.05, 0) is 50.9 Å². The van der Waals surface area contributed by atoms with Crippen molar-refractivity contribution in [2.24, 2.45) is 0 Å². The van der Waals surface area contributed by atoms with Gasteiger partial charge in [0.05, 0.1) is 5.69 Å². The van der Waals surface area contributed by atoms with Crippen molar-refractivity contribution in [1.82, 2.24) is 5.32 Å². The molecule has 0 radical (unpaired) electrons. The molecule has 1 aliphatic rings. The molecule has 0 bridgehead atoms. The lowest BCUT2D eigenvalue weighted by Gasteiger charge is -2.20. The first kappa shape index (κ1) is 15.1. The predicted molar refractivity (Wildman–Crippen MR) is 82.7 cm³/mol. The molecule has 0 spiro atoms. The van der Waals surface area contributed by atoms with E-state index in [1.165, 1.54) is 5.56 Å². The Morgan fingerprint density at radius 3 is 3.20 bits per heavy atom. The van der Waals surface area contributed by atoms with E-state index in [4.69, 9.17) is 9.47 Å².